The first-order valence-corrected chi connectivity index (χ1v) is 4.18. The number of hydrogen-bond donors (Lipinski definition) is 0. The molecule has 0 unspecified atom stereocenters. The van der Waals surface area contributed by atoms with Crippen molar-refractivity contribution >= 4 is 10.9 Å². The minimum absolute atomic E-state index is 0.348. The molecule has 0 spiro atoms. The second-order valence-corrected chi connectivity index (χ2v) is 3.08. The van der Waals surface area contributed by atoms with Crippen LogP contribution in [-0.4, -0.2) is 4.98 Å². The molecule has 0 aliphatic rings. The lowest BCUT2D eigenvalue weighted by atomic mass is 10.1. The molecule has 1 aromatic carbocycles. The number of rotatable bonds is 0. The molecule has 3 heteroatoms. The summed E-state index contributed by atoms with van der Waals surface area (Å²) in [5.74, 6) is -0.348. The lowest BCUT2D eigenvalue weighted by Crippen LogP contribution is -1.88. The maximum atomic E-state index is 12.9. The van der Waals surface area contributed by atoms with Crippen LogP contribution in [0.25, 0.3) is 10.9 Å². The number of aryl methyl sites for hydroxylation is 1. The Labute approximate surface area is 80.6 Å². The molecule has 1 aromatic heterocycles. The van der Waals surface area contributed by atoms with Gasteiger partial charge in [-0.3, -0.25) is 4.98 Å². The van der Waals surface area contributed by atoms with Crippen molar-refractivity contribution in [1.82, 2.24) is 4.98 Å². The Morgan fingerprint density at radius 3 is 2.86 bits per heavy atom. The van der Waals surface area contributed by atoms with Gasteiger partial charge in [-0.15, -0.1) is 0 Å². The molecule has 0 amide bonds. The predicted molar refractivity (Wildman–Crippen MR) is 51.2 cm³/mol. The third-order valence-electron chi connectivity index (χ3n) is 2.02. The van der Waals surface area contributed by atoms with Crippen molar-refractivity contribution in [3.63, 3.8) is 0 Å². The van der Waals surface area contributed by atoms with Gasteiger partial charge in [0.2, 0.25) is 0 Å². The Balaban J connectivity index is 2.90. The first-order valence-electron chi connectivity index (χ1n) is 4.18. The standard InChI is InChI=1S/C11H7FN2/c1-7-4-8(6-13)10-5-9(12)2-3-11(10)14-7/h2-5H,1H3. The summed E-state index contributed by atoms with van der Waals surface area (Å²) in [7, 11) is 0. The molecule has 1 heterocycles. The van der Waals surface area contributed by atoms with Crippen LogP contribution < -0.4 is 0 Å². The Bertz CT molecular complexity index is 541. The molecule has 0 fully saturated rings. The fourth-order valence-electron chi connectivity index (χ4n) is 1.42. The van der Waals surface area contributed by atoms with Crippen LogP contribution in [0.4, 0.5) is 4.39 Å². The van der Waals surface area contributed by atoms with Gasteiger partial charge in [0.15, 0.2) is 0 Å². The number of nitrogens with zero attached hydrogens (tertiary/aromatic N) is 2. The number of nitriles is 1. The topological polar surface area (TPSA) is 36.7 Å². The zero-order chi connectivity index (χ0) is 10.1. The summed E-state index contributed by atoms with van der Waals surface area (Å²) in [6.45, 7) is 1.81. The van der Waals surface area contributed by atoms with Gasteiger partial charge in [0.25, 0.3) is 0 Å². The number of halogens is 1. The number of pyridine rings is 1. The summed E-state index contributed by atoms with van der Waals surface area (Å²) in [6, 6.07) is 7.94. The van der Waals surface area contributed by atoms with Crippen molar-refractivity contribution in [2.24, 2.45) is 0 Å². The highest BCUT2D eigenvalue weighted by atomic mass is 19.1. The van der Waals surface area contributed by atoms with Gasteiger partial charge in [-0.05, 0) is 31.2 Å². The number of aromatic nitrogens is 1. The van der Waals surface area contributed by atoms with Crippen LogP contribution >= 0.6 is 0 Å². The summed E-state index contributed by atoms with van der Waals surface area (Å²) < 4.78 is 12.9. The molecule has 0 radical (unpaired) electrons. The summed E-state index contributed by atoms with van der Waals surface area (Å²) in [5, 5.41) is 9.42. The van der Waals surface area contributed by atoms with Gasteiger partial charge in [-0.2, -0.15) is 5.26 Å². The maximum absolute atomic E-state index is 12.9. The van der Waals surface area contributed by atoms with E-state index < -0.39 is 0 Å². The molecule has 2 nitrogen and oxygen atoms in total. The maximum Gasteiger partial charge on any atom is 0.124 e. The Morgan fingerprint density at radius 1 is 1.36 bits per heavy atom. The van der Waals surface area contributed by atoms with E-state index in [0.717, 1.165) is 5.69 Å². The third-order valence-corrected chi connectivity index (χ3v) is 2.02. The van der Waals surface area contributed by atoms with Gasteiger partial charge < -0.3 is 0 Å². The normalized spacial score (nSPS) is 10.1. The summed E-state index contributed by atoms with van der Waals surface area (Å²) >= 11 is 0. The summed E-state index contributed by atoms with van der Waals surface area (Å²) in [5.41, 5.74) is 1.88. The highest BCUT2D eigenvalue weighted by Gasteiger charge is 2.04. The monoisotopic (exact) mass is 186 g/mol. The molecular weight excluding hydrogens is 179 g/mol. The molecule has 2 aromatic rings. The highest BCUT2D eigenvalue weighted by Crippen LogP contribution is 2.18. The van der Waals surface area contributed by atoms with E-state index in [1.807, 2.05) is 13.0 Å². The lowest BCUT2D eigenvalue weighted by molar-refractivity contribution is 0.629. The fourth-order valence-corrected chi connectivity index (χ4v) is 1.42. The Morgan fingerprint density at radius 2 is 2.14 bits per heavy atom. The summed E-state index contributed by atoms with van der Waals surface area (Å²) in [6.07, 6.45) is 0. The second kappa shape index (κ2) is 3.08. The summed E-state index contributed by atoms with van der Waals surface area (Å²) in [4.78, 5) is 4.21. The molecule has 0 N–H and O–H groups in total. The number of benzene rings is 1. The highest BCUT2D eigenvalue weighted by molar-refractivity contribution is 5.84. The van der Waals surface area contributed by atoms with E-state index in [1.165, 1.54) is 12.1 Å². The van der Waals surface area contributed by atoms with E-state index >= 15 is 0 Å². The van der Waals surface area contributed by atoms with Gasteiger partial charge in [0.05, 0.1) is 17.1 Å². The molecule has 0 bridgehead atoms. The largest absolute Gasteiger partial charge is 0.253 e. The van der Waals surface area contributed by atoms with Crippen molar-refractivity contribution in [2.75, 3.05) is 0 Å². The van der Waals surface area contributed by atoms with Gasteiger partial charge in [-0.25, -0.2) is 4.39 Å². The van der Waals surface area contributed by atoms with Gasteiger partial charge in [0, 0.05) is 11.1 Å². The van der Waals surface area contributed by atoms with Crippen LogP contribution in [0, 0.1) is 24.1 Å². The minimum atomic E-state index is -0.348. The molecule has 0 atom stereocenters. The quantitative estimate of drug-likeness (QED) is 0.634. The van der Waals surface area contributed by atoms with Crippen LogP contribution in [0.3, 0.4) is 0 Å². The zero-order valence-electron chi connectivity index (χ0n) is 7.58. The molecule has 0 aliphatic heterocycles. The Hall–Kier alpha value is -1.95. The fraction of sp³-hybridized carbons (Fsp3) is 0.0909. The molecule has 2 rings (SSSR count). The van der Waals surface area contributed by atoms with E-state index in [1.54, 1.807) is 12.1 Å². The van der Waals surface area contributed by atoms with Crippen molar-refractivity contribution in [3.8, 4) is 6.07 Å². The van der Waals surface area contributed by atoms with E-state index in [2.05, 4.69) is 4.98 Å². The minimum Gasteiger partial charge on any atom is -0.253 e. The smallest absolute Gasteiger partial charge is 0.124 e. The predicted octanol–water partition coefficient (Wildman–Crippen LogP) is 2.55. The number of fused-ring (bicyclic) bond motifs is 1. The molecule has 0 saturated heterocycles. The SMILES string of the molecule is Cc1cc(C#N)c2cc(F)ccc2n1. The number of hydrogen-bond acceptors (Lipinski definition) is 2. The van der Waals surface area contributed by atoms with Crippen molar-refractivity contribution in [3.05, 3.63) is 41.3 Å². The van der Waals surface area contributed by atoms with Crippen LogP contribution in [0.5, 0.6) is 0 Å². The zero-order valence-corrected chi connectivity index (χ0v) is 7.58. The van der Waals surface area contributed by atoms with Crippen LogP contribution in [0.1, 0.15) is 11.3 Å². The van der Waals surface area contributed by atoms with E-state index in [-0.39, 0.29) is 5.82 Å². The molecule has 68 valence electrons. The molecule has 14 heavy (non-hydrogen) atoms. The van der Waals surface area contributed by atoms with Gasteiger partial charge in [0.1, 0.15) is 5.82 Å². The average molecular weight is 186 g/mol. The molecular formula is C11H7FN2. The second-order valence-electron chi connectivity index (χ2n) is 3.08. The van der Waals surface area contributed by atoms with Crippen molar-refractivity contribution < 1.29 is 4.39 Å². The van der Waals surface area contributed by atoms with E-state index in [4.69, 9.17) is 5.26 Å². The van der Waals surface area contributed by atoms with E-state index in [9.17, 15) is 4.39 Å². The lowest BCUT2D eigenvalue weighted by Gasteiger charge is -2.01. The van der Waals surface area contributed by atoms with E-state index in [0.29, 0.717) is 16.5 Å². The van der Waals surface area contributed by atoms with Crippen LogP contribution in [0.15, 0.2) is 24.3 Å². The van der Waals surface area contributed by atoms with Crippen LogP contribution in [-0.2, 0) is 0 Å². The van der Waals surface area contributed by atoms with Gasteiger partial charge >= 0.3 is 0 Å². The average Bonchev–Trinajstić information content (AvgIpc) is 2.17. The van der Waals surface area contributed by atoms with Crippen molar-refractivity contribution in [1.29, 1.82) is 5.26 Å². The first kappa shape index (κ1) is 8.64. The molecule has 0 saturated carbocycles. The van der Waals surface area contributed by atoms with Crippen molar-refractivity contribution in [2.45, 2.75) is 6.92 Å². The third kappa shape index (κ3) is 1.31. The Kier molecular flexibility index (Phi) is 1.90. The molecule has 0 aliphatic carbocycles. The van der Waals surface area contributed by atoms with Gasteiger partial charge in [-0.1, -0.05) is 0 Å². The van der Waals surface area contributed by atoms with Crippen LogP contribution in [0.2, 0.25) is 0 Å². The first-order chi connectivity index (χ1) is 6.70.